The number of rotatable bonds is 5. The van der Waals surface area contributed by atoms with Crippen LogP contribution in [0.5, 0.6) is 0 Å². The Morgan fingerprint density at radius 1 is 0.838 bits per heavy atom. The second-order valence-electron chi connectivity index (χ2n) is 8.71. The Morgan fingerprint density at radius 3 is 2.51 bits per heavy atom. The second-order valence-corrected chi connectivity index (χ2v) is 9.74. The van der Waals surface area contributed by atoms with Crippen LogP contribution in [0.2, 0.25) is 0 Å². The molecule has 6 rings (SSSR count). The largest absolute Gasteiger partial charge is 0.452 e. The summed E-state index contributed by atoms with van der Waals surface area (Å²) in [6.07, 6.45) is 0. The molecule has 0 radical (unpaired) electrons. The number of hydrogen-bond donors (Lipinski definition) is 1. The van der Waals surface area contributed by atoms with E-state index in [0.717, 1.165) is 32.1 Å². The highest BCUT2D eigenvalue weighted by atomic mass is 32.1. The molecule has 0 unspecified atom stereocenters. The zero-order chi connectivity index (χ0) is 25.4. The van der Waals surface area contributed by atoms with Gasteiger partial charge in [0.25, 0.3) is 5.91 Å². The summed E-state index contributed by atoms with van der Waals surface area (Å²) in [5.74, 6) is -1.04. The molecular weight excluding hydrogens is 482 g/mol. The van der Waals surface area contributed by atoms with E-state index >= 15 is 0 Å². The first-order valence-electron chi connectivity index (χ1n) is 11.8. The number of nitrogens with zero attached hydrogens (tertiary/aromatic N) is 2. The van der Waals surface area contributed by atoms with Crippen LogP contribution in [0.4, 0.5) is 5.13 Å². The summed E-state index contributed by atoms with van der Waals surface area (Å²) in [6.45, 7) is 1.58. The van der Waals surface area contributed by atoms with Crippen LogP contribution < -0.4 is 5.32 Å². The number of aryl methyl sites for hydroxylation is 1. The Bertz CT molecular complexity index is 1820. The molecule has 0 aliphatic heterocycles. The average Bonchev–Trinajstić information content (AvgIpc) is 3.32. The zero-order valence-electron chi connectivity index (χ0n) is 19.9. The van der Waals surface area contributed by atoms with Gasteiger partial charge in [-0.2, -0.15) is 0 Å². The van der Waals surface area contributed by atoms with E-state index in [0.29, 0.717) is 27.3 Å². The molecule has 1 N–H and O–H groups in total. The zero-order valence-corrected chi connectivity index (χ0v) is 20.7. The Morgan fingerprint density at radius 2 is 1.62 bits per heavy atom. The topological polar surface area (TPSA) is 81.2 Å². The molecule has 37 heavy (non-hydrogen) atoms. The van der Waals surface area contributed by atoms with E-state index in [-0.39, 0.29) is 0 Å². The Labute approximate surface area is 216 Å². The quantitative estimate of drug-likeness (QED) is 0.263. The van der Waals surface area contributed by atoms with Gasteiger partial charge in [-0.3, -0.25) is 10.1 Å². The van der Waals surface area contributed by atoms with Gasteiger partial charge in [0.05, 0.1) is 27.0 Å². The molecule has 0 saturated carbocycles. The van der Waals surface area contributed by atoms with Gasteiger partial charge in [-0.25, -0.2) is 14.8 Å². The van der Waals surface area contributed by atoms with Crippen LogP contribution in [-0.2, 0) is 9.53 Å². The molecule has 7 heteroatoms. The van der Waals surface area contributed by atoms with Crippen molar-refractivity contribution in [3.05, 3.63) is 102 Å². The summed E-state index contributed by atoms with van der Waals surface area (Å²) in [5, 5.41) is 5.99. The molecular formula is C30H21N3O3S. The normalized spacial score (nSPS) is 11.2. The minimum atomic E-state index is -0.588. The lowest BCUT2D eigenvalue weighted by Crippen LogP contribution is -2.21. The van der Waals surface area contributed by atoms with E-state index in [9.17, 15) is 9.59 Å². The van der Waals surface area contributed by atoms with Crippen LogP contribution in [0.25, 0.3) is 43.1 Å². The lowest BCUT2D eigenvalue weighted by atomic mass is 9.99. The van der Waals surface area contributed by atoms with Gasteiger partial charge in [-0.15, -0.1) is 0 Å². The van der Waals surface area contributed by atoms with E-state index in [1.165, 1.54) is 11.3 Å². The maximum absolute atomic E-state index is 13.2. The predicted octanol–water partition coefficient (Wildman–Crippen LogP) is 6.77. The molecule has 0 aliphatic rings. The summed E-state index contributed by atoms with van der Waals surface area (Å²) in [6, 6.07) is 29.1. The molecule has 6 nitrogen and oxygen atoms in total. The number of nitrogens with one attached hydrogen (secondary N) is 1. The third kappa shape index (κ3) is 4.52. The van der Waals surface area contributed by atoms with Crippen LogP contribution in [-0.4, -0.2) is 28.5 Å². The highest BCUT2D eigenvalue weighted by Crippen LogP contribution is 2.31. The summed E-state index contributed by atoms with van der Waals surface area (Å²) in [7, 11) is 0. The van der Waals surface area contributed by atoms with Crippen molar-refractivity contribution >= 4 is 60.2 Å². The van der Waals surface area contributed by atoms with Crippen molar-refractivity contribution in [1.82, 2.24) is 9.97 Å². The monoisotopic (exact) mass is 503 g/mol. The van der Waals surface area contributed by atoms with Crippen molar-refractivity contribution in [2.75, 3.05) is 11.9 Å². The standard InChI is InChI=1S/C30H21N3O3S/c1-18-13-14-25-27(15-18)37-30(32-25)33-28(34)17-36-29(35)23-16-26(31-24-12-5-4-10-22(23)24)21-11-6-8-19-7-2-3-9-20(19)21/h2-16H,17H2,1H3,(H,32,33,34). The fourth-order valence-corrected chi connectivity index (χ4v) is 5.36. The summed E-state index contributed by atoms with van der Waals surface area (Å²) < 4.78 is 6.42. The number of ether oxygens (including phenoxy) is 1. The molecule has 1 amide bonds. The van der Waals surface area contributed by atoms with Crippen LogP contribution >= 0.6 is 11.3 Å². The SMILES string of the molecule is Cc1ccc2nc(NC(=O)COC(=O)c3cc(-c4cccc5ccccc45)nc4ccccc34)sc2c1. The van der Waals surface area contributed by atoms with E-state index in [1.54, 1.807) is 6.07 Å². The van der Waals surface area contributed by atoms with Crippen LogP contribution in [0.15, 0.2) is 91.0 Å². The molecule has 4 aromatic carbocycles. The van der Waals surface area contributed by atoms with Gasteiger partial charge in [0, 0.05) is 10.9 Å². The smallest absolute Gasteiger partial charge is 0.339 e. The maximum Gasteiger partial charge on any atom is 0.339 e. The van der Waals surface area contributed by atoms with Gasteiger partial charge >= 0.3 is 5.97 Å². The number of benzene rings is 4. The number of amides is 1. The Kier molecular flexibility index (Phi) is 5.82. The first kappa shape index (κ1) is 22.8. The van der Waals surface area contributed by atoms with Crippen molar-refractivity contribution in [3.63, 3.8) is 0 Å². The minimum Gasteiger partial charge on any atom is -0.452 e. The van der Waals surface area contributed by atoms with Gasteiger partial charge in [-0.05, 0) is 47.5 Å². The Hall–Kier alpha value is -4.62. The van der Waals surface area contributed by atoms with Crippen molar-refractivity contribution in [1.29, 1.82) is 0 Å². The number of fused-ring (bicyclic) bond motifs is 3. The summed E-state index contributed by atoms with van der Waals surface area (Å²) in [5.41, 5.74) is 4.55. The number of thiazole rings is 1. The number of carbonyl (C=O) groups excluding carboxylic acids is 2. The van der Waals surface area contributed by atoms with E-state index in [2.05, 4.69) is 10.3 Å². The molecule has 0 spiro atoms. The fraction of sp³-hybridized carbons (Fsp3) is 0.0667. The minimum absolute atomic E-state index is 0.358. The molecule has 0 saturated heterocycles. The third-order valence-electron chi connectivity index (χ3n) is 6.13. The average molecular weight is 504 g/mol. The molecule has 0 fully saturated rings. The number of anilines is 1. The fourth-order valence-electron chi connectivity index (χ4n) is 4.38. The number of para-hydroxylation sites is 1. The van der Waals surface area contributed by atoms with Gasteiger partial charge in [0.15, 0.2) is 11.7 Å². The Balaban J connectivity index is 1.27. The third-order valence-corrected chi connectivity index (χ3v) is 7.06. The molecule has 0 bridgehead atoms. The van der Waals surface area contributed by atoms with Crippen LogP contribution in [0.1, 0.15) is 15.9 Å². The maximum atomic E-state index is 13.2. The lowest BCUT2D eigenvalue weighted by molar-refractivity contribution is -0.119. The van der Waals surface area contributed by atoms with Crippen LogP contribution in [0.3, 0.4) is 0 Å². The molecule has 6 aromatic rings. The molecule has 2 heterocycles. The number of hydrogen-bond acceptors (Lipinski definition) is 6. The number of aromatic nitrogens is 2. The van der Waals surface area contributed by atoms with Gasteiger partial charge in [0.2, 0.25) is 0 Å². The first-order chi connectivity index (χ1) is 18.0. The van der Waals surface area contributed by atoms with Crippen molar-refractivity contribution < 1.29 is 14.3 Å². The van der Waals surface area contributed by atoms with Gasteiger partial charge < -0.3 is 4.74 Å². The highest BCUT2D eigenvalue weighted by molar-refractivity contribution is 7.22. The number of esters is 1. The highest BCUT2D eigenvalue weighted by Gasteiger charge is 2.18. The molecule has 2 aromatic heterocycles. The molecule has 180 valence electrons. The summed E-state index contributed by atoms with van der Waals surface area (Å²) >= 11 is 1.38. The van der Waals surface area contributed by atoms with Crippen molar-refractivity contribution in [2.24, 2.45) is 0 Å². The van der Waals surface area contributed by atoms with Gasteiger partial charge in [0.1, 0.15) is 0 Å². The first-order valence-corrected chi connectivity index (χ1v) is 12.6. The van der Waals surface area contributed by atoms with Crippen molar-refractivity contribution in [2.45, 2.75) is 6.92 Å². The summed E-state index contributed by atoms with van der Waals surface area (Å²) in [4.78, 5) is 35.0. The number of pyridine rings is 1. The van der Waals surface area contributed by atoms with Crippen molar-refractivity contribution in [3.8, 4) is 11.3 Å². The van der Waals surface area contributed by atoms with E-state index in [1.807, 2.05) is 91.9 Å². The van der Waals surface area contributed by atoms with Gasteiger partial charge in [-0.1, -0.05) is 78.1 Å². The van der Waals surface area contributed by atoms with E-state index < -0.39 is 18.5 Å². The molecule has 0 atom stereocenters. The molecule has 0 aliphatic carbocycles. The van der Waals surface area contributed by atoms with E-state index in [4.69, 9.17) is 9.72 Å². The van der Waals surface area contributed by atoms with Crippen LogP contribution in [0, 0.1) is 6.92 Å². The predicted molar refractivity (Wildman–Crippen MR) is 148 cm³/mol. The number of carbonyl (C=O) groups is 2. The lowest BCUT2D eigenvalue weighted by Gasteiger charge is -2.11. The second kappa shape index (κ2) is 9.44.